The van der Waals surface area contributed by atoms with Gasteiger partial charge in [-0.1, -0.05) is 25.5 Å². The van der Waals surface area contributed by atoms with Gasteiger partial charge in [-0.15, -0.1) is 0 Å². The van der Waals surface area contributed by atoms with Crippen LogP contribution in [-0.2, 0) is 16.0 Å². The first-order valence-corrected chi connectivity index (χ1v) is 9.25. The number of carbonyl (C=O) groups excluding carboxylic acids is 2. The molecule has 0 aromatic heterocycles. The maximum absolute atomic E-state index is 12.3. The highest BCUT2D eigenvalue weighted by Gasteiger charge is 2.23. The minimum Gasteiger partial charge on any atom is -0.484 e. The Morgan fingerprint density at radius 3 is 2.58 bits per heavy atom. The van der Waals surface area contributed by atoms with Crippen molar-refractivity contribution in [1.82, 2.24) is 10.2 Å². The molecule has 1 heterocycles. The van der Waals surface area contributed by atoms with Gasteiger partial charge in [0.2, 0.25) is 5.91 Å². The molecule has 0 saturated carbocycles. The number of hydrogen-bond donors (Lipinski definition) is 1. The number of nitriles is 1. The molecule has 1 aliphatic heterocycles. The van der Waals surface area contributed by atoms with E-state index in [9.17, 15) is 9.59 Å². The minimum absolute atomic E-state index is 0.00500. The lowest BCUT2D eigenvalue weighted by molar-refractivity contribution is -0.135. The lowest BCUT2D eigenvalue weighted by Gasteiger charge is -2.32. The molecule has 0 bridgehead atoms. The first kappa shape index (κ1) is 19.8. The van der Waals surface area contributed by atoms with Crippen molar-refractivity contribution in [3.8, 4) is 11.8 Å². The third-order valence-electron chi connectivity index (χ3n) is 4.62. The average molecular weight is 357 g/mol. The van der Waals surface area contributed by atoms with Crippen molar-refractivity contribution in [3.05, 3.63) is 29.8 Å². The van der Waals surface area contributed by atoms with Gasteiger partial charge in [0.05, 0.1) is 6.07 Å². The van der Waals surface area contributed by atoms with Gasteiger partial charge in [0, 0.05) is 19.6 Å². The zero-order valence-corrected chi connectivity index (χ0v) is 15.4. The Balaban J connectivity index is 1.68. The number of benzene rings is 1. The molecule has 1 fully saturated rings. The number of aryl methyl sites for hydroxylation is 1. The van der Waals surface area contributed by atoms with Crippen LogP contribution in [0.3, 0.4) is 0 Å². The molecule has 140 valence electrons. The van der Waals surface area contributed by atoms with Gasteiger partial charge in [0.1, 0.15) is 12.2 Å². The highest BCUT2D eigenvalue weighted by molar-refractivity contribution is 5.78. The minimum atomic E-state index is -0.232. The molecule has 6 heteroatoms. The fraction of sp³-hybridized carbons (Fsp3) is 0.550. The molecule has 1 saturated heterocycles. The summed E-state index contributed by atoms with van der Waals surface area (Å²) >= 11 is 0. The summed E-state index contributed by atoms with van der Waals surface area (Å²) in [6.45, 7) is 4.12. The Morgan fingerprint density at radius 1 is 1.27 bits per heavy atom. The van der Waals surface area contributed by atoms with E-state index in [1.54, 1.807) is 0 Å². The zero-order chi connectivity index (χ0) is 18.8. The normalized spacial score (nSPS) is 14.5. The van der Waals surface area contributed by atoms with Crippen molar-refractivity contribution in [2.45, 2.75) is 39.0 Å². The monoisotopic (exact) mass is 357 g/mol. The van der Waals surface area contributed by atoms with Crippen molar-refractivity contribution in [2.75, 3.05) is 26.2 Å². The molecule has 1 aliphatic rings. The summed E-state index contributed by atoms with van der Waals surface area (Å²) in [5.41, 5.74) is 1.27. The van der Waals surface area contributed by atoms with E-state index >= 15 is 0 Å². The van der Waals surface area contributed by atoms with Gasteiger partial charge in [-0.2, -0.15) is 5.26 Å². The molecule has 1 aromatic rings. The van der Waals surface area contributed by atoms with Crippen LogP contribution in [0.15, 0.2) is 24.3 Å². The molecule has 0 unspecified atom stereocenters. The molecule has 2 rings (SSSR count). The number of ether oxygens (including phenoxy) is 1. The van der Waals surface area contributed by atoms with Crippen LogP contribution in [0, 0.1) is 17.2 Å². The average Bonchev–Trinajstić information content (AvgIpc) is 2.66. The summed E-state index contributed by atoms with van der Waals surface area (Å²) in [4.78, 5) is 25.4. The van der Waals surface area contributed by atoms with Crippen molar-refractivity contribution in [1.29, 1.82) is 5.26 Å². The highest BCUT2D eigenvalue weighted by Crippen LogP contribution is 2.17. The molecule has 0 spiro atoms. The predicted octanol–water partition coefficient (Wildman–Crippen LogP) is 2.29. The Labute approximate surface area is 155 Å². The number of amides is 2. The highest BCUT2D eigenvalue weighted by atomic mass is 16.5. The van der Waals surface area contributed by atoms with Crippen molar-refractivity contribution >= 4 is 11.8 Å². The Hall–Kier alpha value is -2.55. The van der Waals surface area contributed by atoms with Gasteiger partial charge in [-0.3, -0.25) is 9.59 Å². The lowest BCUT2D eigenvalue weighted by atomic mass is 9.96. The van der Waals surface area contributed by atoms with Crippen molar-refractivity contribution in [3.63, 3.8) is 0 Å². The largest absolute Gasteiger partial charge is 0.484 e. The van der Waals surface area contributed by atoms with Gasteiger partial charge in [-0.25, -0.2) is 0 Å². The summed E-state index contributed by atoms with van der Waals surface area (Å²) in [7, 11) is 0. The van der Waals surface area contributed by atoms with E-state index in [-0.39, 0.29) is 24.8 Å². The SMILES string of the molecule is CCCc1ccc(OCC(=O)N2CCC(CNC(=O)CC#N)CC2)cc1. The fourth-order valence-electron chi connectivity index (χ4n) is 3.06. The topological polar surface area (TPSA) is 82.4 Å². The van der Waals surface area contributed by atoms with E-state index in [0.717, 1.165) is 25.7 Å². The van der Waals surface area contributed by atoms with Gasteiger partial charge in [0.25, 0.3) is 5.91 Å². The molecular formula is C20H27N3O3. The maximum Gasteiger partial charge on any atom is 0.260 e. The molecule has 1 aromatic carbocycles. The Bertz CT molecular complexity index is 629. The first-order valence-electron chi connectivity index (χ1n) is 9.25. The third-order valence-corrected chi connectivity index (χ3v) is 4.62. The summed E-state index contributed by atoms with van der Waals surface area (Å²) < 4.78 is 5.61. The Kier molecular flexibility index (Phi) is 7.94. The summed E-state index contributed by atoms with van der Waals surface area (Å²) in [5, 5.41) is 11.2. The fourth-order valence-corrected chi connectivity index (χ4v) is 3.06. The number of carbonyl (C=O) groups is 2. The summed E-state index contributed by atoms with van der Waals surface area (Å²) in [6, 6.07) is 9.73. The van der Waals surface area contributed by atoms with Crippen LogP contribution in [0.25, 0.3) is 0 Å². The predicted molar refractivity (Wildman–Crippen MR) is 98.5 cm³/mol. The number of nitrogens with one attached hydrogen (secondary N) is 1. The van der Waals surface area contributed by atoms with Crippen LogP contribution in [0.2, 0.25) is 0 Å². The van der Waals surface area contributed by atoms with Crippen molar-refractivity contribution < 1.29 is 14.3 Å². The van der Waals surface area contributed by atoms with Crippen LogP contribution < -0.4 is 10.1 Å². The molecule has 0 atom stereocenters. The maximum atomic E-state index is 12.3. The van der Waals surface area contributed by atoms with Crippen LogP contribution in [0.5, 0.6) is 5.75 Å². The van der Waals surface area contributed by atoms with Gasteiger partial charge >= 0.3 is 0 Å². The lowest BCUT2D eigenvalue weighted by Crippen LogP contribution is -2.43. The molecule has 26 heavy (non-hydrogen) atoms. The van der Waals surface area contributed by atoms with Crippen LogP contribution in [0.1, 0.15) is 38.2 Å². The van der Waals surface area contributed by atoms with E-state index in [1.165, 1.54) is 5.56 Å². The van der Waals surface area contributed by atoms with E-state index in [1.807, 2.05) is 35.2 Å². The van der Waals surface area contributed by atoms with Gasteiger partial charge in [-0.05, 0) is 42.9 Å². The summed E-state index contributed by atoms with van der Waals surface area (Å²) in [5.74, 6) is 0.834. The van der Waals surface area contributed by atoms with E-state index in [4.69, 9.17) is 10.00 Å². The number of likely N-dealkylation sites (tertiary alicyclic amines) is 1. The quantitative estimate of drug-likeness (QED) is 0.774. The van der Waals surface area contributed by atoms with Crippen LogP contribution >= 0.6 is 0 Å². The van der Waals surface area contributed by atoms with E-state index < -0.39 is 0 Å². The van der Waals surface area contributed by atoms with Gasteiger partial charge < -0.3 is 15.0 Å². The second-order valence-electron chi connectivity index (χ2n) is 6.65. The number of nitrogens with zero attached hydrogens (tertiary/aromatic N) is 2. The van der Waals surface area contributed by atoms with Crippen LogP contribution in [-0.4, -0.2) is 43.0 Å². The zero-order valence-electron chi connectivity index (χ0n) is 15.4. The van der Waals surface area contributed by atoms with Crippen molar-refractivity contribution in [2.24, 2.45) is 5.92 Å². The molecule has 0 radical (unpaired) electrons. The molecule has 6 nitrogen and oxygen atoms in total. The number of rotatable bonds is 8. The van der Waals surface area contributed by atoms with Gasteiger partial charge in [0.15, 0.2) is 6.61 Å². The van der Waals surface area contributed by atoms with E-state index in [0.29, 0.717) is 31.3 Å². The molecule has 1 N–H and O–H groups in total. The second kappa shape index (κ2) is 10.4. The first-order chi connectivity index (χ1) is 12.6. The Morgan fingerprint density at radius 2 is 1.96 bits per heavy atom. The number of hydrogen-bond acceptors (Lipinski definition) is 4. The third kappa shape index (κ3) is 6.40. The standard InChI is InChI=1S/C20H27N3O3/c1-2-3-16-4-6-18(7-5-16)26-15-20(25)23-12-9-17(10-13-23)14-22-19(24)8-11-21/h4-7,17H,2-3,8-10,12-15H2,1H3,(H,22,24). The van der Waals surface area contributed by atoms with E-state index in [2.05, 4.69) is 12.2 Å². The molecule has 2 amide bonds. The van der Waals surface area contributed by atoms with Crippen LogP contribution in [0.4, 0.5) is 0 Å². The number of piperidine rings is 1. The summed E-state index contributed by atoms with van der Waals surface area (Å²) in [6.07, 6.45) is 3.75. The smallest absolute Gasteiger partial charge is 0.260 e. The second-order valence-corrected chi connectivity index (χ2v) is 6.65. The molecule has 0 aliphatic carbocycles. The molecular weight excluding hydrogens is 330 g/mol.